The first-order valence-corrected chi connectivity index (χ1v) is 9.47. The first-order valence-electron chi connectivity index (χ1n) is 9.47. The summed E-state index contributed by atoms with van der Waals surface area (Å²) in [5, 5.41) is 0. The van der Waals surface area contributed by atoms with Crippen LogP contribution in [0.5, 0.6) is 17.2 Å². The fourth-order valence-corrected chi connectivity index (χ4v) is 5.02. The molecule has 150 valence electrons. The molecule has 6 nitrogen and oxygen atoms in total. The Kier molecular flexibility index (Phi) is 4.52. The average Bonchev–Trinajstić information content (AvgIpc) is 3.02. The van der Waals surface area contributed by atoms with Gasteiger partial charge < -0.3 is 23.7 Å². The van der Waals surface area contributed by atoms with Crippen LogP contribution in [0.3, 0.4) is 0 Å². The van der Waals surface area contributed by atoms with Gasteiger partial charge in [-0.3, -0.25) is 4.79 Å². The second-order valence-electron chi connectivity index (χ2n) is 7.66. The molecule has 4 atom stereocenters. The standard InChI is InChI=1S/C22H26O6/c1-12-15(13-6-17(24-2)21(27-5)18(7-13)25-3)8-14-10-22(12)11-19(26-4)16(23)9-20(22)28-14/h6-7,9,11-12,14-15H,8,10H2,1-5H3/t12-,14-,15-,22+/m1/s1. The molecule has 0 aromatic heterocycles. The van der Waals surface area contributed by atoms with Crippen LogP contribution in [0.2, 0.25) is 0 Å². The molecule has 1 aromatic rings. The second kappa shape index (κ2) is 6.76. The first kappa shape index (κ1) is 18.7. The van der Waals surface area contributed by atoms with Crippen LogP contribution in [0.25, 0.3) is 0 Å². The van der Waals surface area contributed by atoms with E-state index in [-0.39, 0.29) is 29.1 Å². The summed E-state index contributed by atoms with van der Waals surface area (Å²) in [6, 6.07) is 4.03. The number of hydrogen-bond acceptors (Lipinski definition) is 6. The van der Waals surface area contributed by atoms with Crippen molar-refractivity contribution in [3.8, 4) is 17.2 Å². The summed E-state index contributed by atoms with van der Waals surface area (Å²) >= 11 is 0. The van der Waals surface area contributed by atoms with E-state index >= 15 is 0 Å². The molecule has 1 saturated carbocycles. The van der Waals surface area contributed by atoms with E-state index in [0.717, 1.165) is 24.2 Å². The summed E-state index contributed by atoms with van der Waals surface area (Å²) < 4.78 is 28.1. The van der Waals surface area contributed by atoms with Crippen LogP contribution in [0, 0.1) is 11.3 Å². The summed E-state index contributed by atoms with van der Waals surface area (Å²) in [6.07, 6.45) is 5.36. The molecule has 0 radical (unpaired) electrons. The van der Waals surface area contributed by atoms with Gasteiger partial charge in [0.15, 0.2) is 17.3 Å². The number of hydrogen-bond donors (Lipinski definition) is 0. The molecule has 28 heavy (non-hydrogen) atoms. The predicted octanol–water partition coefficient (Wildman–Crippen LogP) is 3.61. The molecule has 3 aliphatic rings. The Morgan fingerprint density at radius 3 is 2.29 bits per heavy atom. The summed E-state index contributed by atoms with van der Waals surface area (Å²) in [5.41, 5.74) is 0.785. The molecule has 1 aliphatic heterocycles. The number of methoxy groups -OCH3 is 4. The Balaban J connectivity index is 1.79. The number of rotatable bonds is 5. The third-order valence-electron chi connectivity index (χ3n) is 6.48. The Hall–Kier alpha value is -2.63. The highest BCUT2D eigenvalue weighted by Gasteiger charge is 2.57. The Morgan fingerprint density at radius 2 is 1.71 bits per heavy atom. The lowest BCUT2D eigenvalue weighted by atomic mass is 9.59. The van der Waals surface area contributed by atoms with Crippen LogP contribution in [-0.2, 0) is 14.3 Å². The van der Waals surface area contributed by atoms with E-state index in [1.807, 2.05) is 18.2 Å². The van der Waals surface area contributed by atoms with Gasteiger partial charge in [0, 0.05) is 12.5 Å². The summed E-state index contributed by atoms with van der Waals surface area (Å²) in [4.78, 5) is 12.3. The van der Waals surface area contributed by atoms with Crippen LogP contribution in [-0.4, -0.2) is 40.3 Å². The number of ether oxygens (including phenoxy) is 5. The number of benzene rings is 1. The van der Waals surface area contributed by atoms with Crippen molar-refractivity contribution in [3.05, 3.63) is 41.4 Å². The van der Waals surface area contributed by atoms with Gasteiger partial charge >= 0.3 is 0 Å². The zero-order valence-electron chi connectivity index (χ0n) is 16.9. The minimum absolute atomic E-state index is 0.0618. The number of fused-ring (bicyclic) bond motifs is 1. The SMILES string of the molecule is COC1=C[C@@]23C[C@@H](C[C@@H](c4cc(OC)c(OC)c(OC)c4)[C@H]2C)OC3=CC1=O. The van der Waals surface area contributed by atoms with E-state index < -0.39 is 0 Å². The second-order valence-corrected chi connectivity index (χ2v) is 7.66. The van der Waals surface area contributed by atoms with E-state index in [1.165, 1.54) is 7.11 Å². The van der Waals surface area contributed by atoms with Gasteiger partial charge in [0.1, 0.15) is 11.9 Å². The monoisotopic (exact) mass is 386 g/mol. The Morgan fingerprint density at radius 1 is 1.04 bits per heavy atom. The van der Waals surface area contributed by atoms with Crippen molar-refractivity contribution in [3.63, 3.8) is 0 Å². The van der Waals surface area contributed by atoms with Gasteiger partial charge in [-0.25, -0.2) is 0 Å². The van der Waals surface area contributed by atoms with Crippen LogP contribution in [0.1, 0.15) is 31.2 Å². The van der Waals surface area contributed by atoms with E-state index in [2.05, 4.69) is 6.92 Å². The Bertz CT molecular complexity index is 845. The maximum Gasteiger partial charge on any atom is 0.223 e. The van der Waals surface area contributed by atoms with E-state index in [0.29, 0.717) is 23.0 Å². The number of ketones is 1. The van der Waals surface area contributed by atoms with E-state index in [1.54, 1.807) is 27.4 Å². The Labute approximate surface area is 165 Å². The van der Waals surface area contributed by atoms with Crippen molar-refractivity contribution in [2.45, 2.75) is 31.8 Å². The highest BCUT2D eigenvalue weighted by Crippen LogP contribution is 2.61. The molecule has 2 bridgehead atoms. The van der Waals surface area contributed by atoms with Gasteiger partial charge in [-0.15, -0.1) is 0 Å². The lowest BCUT2D eigenvalue weighted by molar-refractivity contribution is -0.114. The van der Waals surface area contributed by atoms with Crippen LogP contribution in [0.15, 0.2) is 35.8 Å². The molecular weight excluding hydrogens is 360 g/mol. The van der Waals surface area contributed by atoms with Crippen molar-refractivity contribution in [1.29, 1.82) is 0 Å². The van der Waals surface area contributed by atoms with Crippen molar-refractivity contribution in [2.24, 2.45) is 11.3 Å². The zero-order chi connectivity index (χ0) is 20.1. The average molecular weight is 386 g/mol. The van der Waals surface area contributed by atoms with Gasteiger partial charge in [-0.1, -0.05) is 6.92 Å². The third-order valence-corrected chi connectivity index (χ3v) is 6.48. The molecule has 2 fully saturated rings. The fraction of sp³-hybridized carbons (Fsp3) is 0.500. The summed E-state index contributed by atoms with van der Waals surface area (Å²) in [7, 11) is 6.39. The van der Waals surface area contributed by atoms with Gasteiger partial charge in [0.25, 0.3) is 0 Å². The minimum atomic E-state index is -0.326. The maximum absolute atomic E-state index is 12.3. The van der Waals surface area contributed by atoms with Crippen LogP contribution in [0.4, 0.5) is 0 Å². The largest absolute Gasteiger partial charge is 0.494 e. The third kappa shape index (κ3) is 2.58. The summed E-state index contributed by atoms with van der Waals surface area (Å²) in [5.74, 6) is 3.31. The van der Waals surface area contributed by atoms with Gasteiger partial charge in [0.05, 0.1) is 33.9 Å². The molecule has 1 heterocycles. The highest BCUT2D eigenvalue weighted by molar-refractivity contribution is 6.04. The summed E-state index contributed by atoms with van der Waals surface area (Å²) in [6.45, 7) is 2.21. The molecule has 4 rings (SSSR count). The molecule has 6 heteroatoms. The number of carbonyl (C=O) groups excluding carboxylic acids is 1. The number of allylic oxidation sites excluding steroid dienone is 2. The fourth-order valence-electron chi connectivity index (χ4n) is 5.02. The van der Waals surface area contributed by atoms with Gasteiger partial charge in [0.2, 0.25) is 11.5 Å². The molecule has 1 saturated heterocycles. The maximum atomic E-state index is 12.3. The quantitative estimate of drug-likeness (QED) is 0.770. The minimum Gasteiger partial charge on any atom is -0.494 e. The van der Waals surface area contributed by atoms with Crippen LogP contribution < -0.4 is 14.2 Å². The van der Waals surface area contributed by atoms with Crippen molar-refractivity contribution in [1.82, 2.24) is 0 Å². The molecule has 0 N–H and O–H groups in total. The van der Waals surface area contributed by atoms with E-state index in [9.17, 15) is 4.79 Å². The van der Waals surface area contributed by atoms with Gasteiger partial charge in [-0.05, 0) is 42.0 Å². The normalized spacial score (nSPS) is 30.6. The number of carbonyl (C=O) groups is 1. The van der Waals surface area contributed by atoms with Gasteiger partial charge in [-0.2, -0.15) is 0 Å². The molecule has 2 aliphatic carbocycles. The first-order chi connectivity index (χ1) is 13.5. The van der Waals surface area contributed by atoms with Crippen molar-refractivity contribution < 1.29 is 28.5 Å². The molecule has 1 spiro atoms. The lowest BCUT2D eigenvalue weighted by Gasteiger charge is -2.41. The lowest BCUT2D eigenvalue weighted by Crippen LogP contribution is -2.37. The topological polar surface area (TPSA) is 63.2 Å². The molecule has 0 unspecified atom stereocenters. The highest BCUT2D eigenvalue weighted by atomic mass is 16.5. The molecule has 1 aromatic carbocycles. The van der Waals surface area contributed by atoms with Crippen molar-refractivity contribution >= 4 is 5.78 Å². The molecular formula is C22H26O6. The zero-order valence-corrected chi connectivity index (χ0v) is 16.9. The predicted molar refractivity (Wildman–Crippen MR) is 103 cm³/mol. The van der Waals surface area contributed by atoms with E-state index in [4.69, 9.17) is 23.7 Å². The van der Waals surface area contributed by atoms with Crippen LogP contribution >= 0.6 is 0 Å². The smallest absolute Gasteiger partial charge is 0.223 e. The molecule has 0 amide bonds. The van der Waals surface area contributed by atoms with Crippen molar-refractivity contribution in [2.75, 3.05) is 28.4 Å².